The summed E-state index contributed by atoms with van der Waals surface area (Å²) >= 11 is 0. The third-order valence-electron chi connectivity index (χ3n) is 3.04. The minimum atomic E-state index is -0.698. The summed E-state index contributed by atoms with van der Waals surface area (Å²) in [5.41, 5.74) is -0.193. The van der Waals surface area contributed by atoms with Crippen LogP contribution in [0.4, 0.5) is 4.39 Å². The number of phenolic OH excluding ortho intramolecular Hbond substituents is 1. The van der Waals surface area contributed by atoms with Crippen molar-refractivity contribution in [1.29, 1.82) is 0 Å². The number of carbonyl (C=O) groups excluding carboxylic acids is 1. The van der Waals surface area contributed by atoms with Crippen LogP contribution in [0, 0.1) is 11.2 Å². The van der Waals surface area contributed by atoms with E-state index in [0.717, 1.165) is 12.5 Å². The molecule has 1 atom stereocenters. The van der Waals surface area contributed by atoms with Crippen molar-refractivity contribution in [3.05, 3.63) is 29.6 Å². The molecule has 0 bridgehead atoms. The van der Waals surface area contributed by atoms with Crippen molar-refractivity contribution < 1.29 is 14.3 Å². The highest BCUT2D eigenvalue weighted by Crippen LogP contribution is 2.44. The van der Waals surface area contributed by atoms with Gasteiger partial charge in [0.15, 0.2) is 0 Å². The molecule has 1 saturated carbocycles. The second-order valence-corrected chi connectivity index (χ2v) is 4.85. The molecule has 16 heavy (non-hydrogen) atoms. The van der Waals surface area contributed by atoms with Crippen molar-refractivity contribution in [2.45, 2.75) is 26.3 Å². The van der Waals surface area contributed by atoms with E-state index >= 15 is 0 Å². The maximum absolute atomic E-state index is 13.3. The molecule has 86 valence electrons. The fraction of sp³-hybridized carbons (Fsp3) is 0.417. The zero-order valence-electron chi connectivity index (χ0n) is 9.25. The summed E-state index contributed by atoms with van der Waals surface area (Å²) in [5, 5.41) is 12.1. The Hall–Kier alpha value is -1.58. The monoisotopic (exact) mass is 223 g/mol. The van der Waals surface area contributed by atoms with Crippen molar-refractivity contribution in [1.82, 2.24) is 5.32 Å². The van der Waals surface area contributed by atoms with E-state index in [1.807, 2.05) is 13.8 Å². The molecule has 0 aromatic heterocycles. The van der Waals surface area contributed by atoms with Crippen molar-refractivity contribution in [3.63, 3.8) is 0 Å². The zero-order valence-corrected chi connectivity index (χ0v) is 9.25. The van der Waals surface area contributed by atoms with Crippen LogP contribution in [0.5, 0.6) is 5.75 Å². The van der Waals surface area contributed by atoms with Gasteiger partial charge in [0.2, 0.25) is 0 Å². The molecule has 1 fully saturated rings. The molecule has 1 aromatic rings. The SMILES string of the molecule is CC1(C)CC1NC(=O)c1c(O)cccc1F. The van der Waals surface area contributed by atoms with E-state index in [1.54, 1.807) is 0 Å². The third-order valence-corrected chi connectivity index (χ3v) is 3.04. The average Bonchev–Trinajstić information content (AvgIpc) is 2.72. The first kappa shape index (κ1) is 10.9. The fourth-order valence-corrected chi connectivity index (χ4v) is 1.68. The predicted molar refractivity (Wildman–Crippen MR) is 57.7 cm³/mol. The topological polar surface area (TPSA) is 49.3 Å². The second-order valence-electron chi connectivity index (χ2n) is 4.85. The average molecular weight is 223 g/mol. The molecule has 0 saturated heterocycles. The van der Waals surface area contributed by atoms with Crippen LogP contribution in [0.2, 0.25) is 0 Å². The number of hydrogen-bond donors (Lipinski definition) is 2. The lowest BCUT2D eigenvalue weighted by molar-refractivity contribution is 0.0939. The molecule has 1 aliphatic carbocycles. The standard InChI is InChI=1S/C12H14FNO2/c1-12(2)6-9(12)14-11(16)10-7(13)4-3-5-8(10)15/h3-5,9,15H,6H2,1-2H3,(H,14,16). The first-order valence-corrected chi connectivity index (χ1v) is 5.20. The molecule has 2 rings (SSSR count). The zero-order chi connectivity index (χ0) is 11.9. The number of benzene rings is 1. The Labute approximate surface area is 93.3 Å². The van der Waals surface area contributed by atoms with Gasteiger partial charge in [0.25, 0.3) is 5.91 Å². The van der Waals surface area contributed by atoms with Gasteiger partial charge in [-0.2, -0.15) is 0 Å². The van der Waals surface area contributed by atoms with Gasteiger partial charge in [-0.25, -0.2) is 4.39 Å². The van der Waals surface area contributed by atoms with Crippen LogP contribution in [-0.4, -0.2) is 17.1 Å². The van der Waals surface area contributed by atoms with Crippen molar-refractivity contribution in [2.24, 2.45) is 5.41 Å². The number of halogens is 1. The molecule has 3 nitrogen and oxygen atoms in total. The van der Waals surface area contributed by atoms with Crippen LogP contribution in [0.15, 0.2) is 18.2 Å². The summed E-state index contributed by atoms with van der Waals surface area (Å²) in [6.07, 6.45) is 0.883. The number of nitrogens with one attached hydrogen (secondary N) is 1. The molecular formula is C12H14FNO2. The van der Waals surface area contributed by atoms with Crippen LogP contribution in [0.1, 0.15) is 30.6 Å². The smallest absolute Gasteiger partial charge is 0.258 e. The molecular weight excluding hydrogens is 209 g/mol. The summed E-state index contributed by atoms with van der Waals surface area (Å²) in [6, 6.07) is 3.89. The number of aromatic hydroxyl groups is 1. The van der Waals surface area contributed by atoms with Gasteiger partial charge in [-0.15, -0.1) is 0 Å². The van der Waals surface area contributed by atoms with Crippen molar-refractivity contribution >= 4 is 5.91 Å². The molecule has 1 aliphatic rings. The van der Waals surface area contributed by atoms with E-state index in [-0.39, 0.29) is 22.8 Å². The molecule has 1 aromatic carbocycles. The van der Waals surface area contributed by atoms with Crippen LogP contribution in [0.25, 0.3) is 0 Å². The molecule has 4 heteroatoms. The normalized spacial score (nSPS) is 21.6. The van der Waals surface area contributed by atoms with Gasteiger partial charge in [0.05, 0.1) is 0 Å². The second kappa shape index (κ2) is 3.47. The van der Waals surface area contributed by atoms with Crippen molar-refractivity contribution in [2.75, 3.05) is 0 Å². The largest absolute Gasteiger partial charge is 0.507 e. The Morgan fingerprint density at radius 1 is 1.56 bits per heavy atom. The number of rotatable bonds is 2. The molecule has 0 radical (unpaired) electrons. The summed E-state index contributed by atoms with van der Waals surface area (Å²) in [6.45, 7) is 4.05. The van der Waals surface area contributed by atoms with Gasteiger partial charge < -0.3 is 10.4 Å². The van der Waals surface area contributed by atoms with E-state index in [1.165, 1.54) is 12.1 Å². The minimum Gasteiger partial charge on any atom is -0.507 e. The maximum Gasteiger partial charge on any atom is 0.258 e. The number of carbonyl (C=O) groups is 1. The number of amides is 1. The Morgan fingerprint density at radius 3 is 2.69 bits per heavy atom. The Kier molecular flexibility index (Phi) is 2.37. The Morgan fingerprint density at radius 2 is 2.19 bits per heavy atom. The highest BCUT2D eigenvalue weighted by molar-refractivity contribution is 5.97. The Balaban J connectivity index is 2.16. The number of phenols is 1. The fourth-order valence-electron chi connectivity index (χ4n) is 1.68. The summed E-state index contributed by atoms with van der Waals surface area (Å²) < 4.78 is 13.3. The molecule has 2 N–H and O–H groups in total. The number of hydrogen-bond acceptors (Lipinski definition) is 2. The predicted octanol–water partition coefficient (Wildman–Crippen LogP) is 2.06. The van der Waals surface area contributed by atoms with Gasteiger partial charge in [-0.1, -0.05) is 19.9 Å². The maximum atomic E-state index is 13.3. The van der Waals surface area contributed by atoms with Gasteiger partial charge >= 0.3 is 0 Å². The molecule has 0 aliphatic heterocycles. The van der Waals surface area contributed by atoms with E-state index in [4.69, 9.17) is 0 Å². The molecule has 1 amide bonds. The molecule has 0 spiro atoms. The van der Waals surface area contributed by atoms with Crippen LogP contribution in [0.3, 0.4) is 0 Å². The highest BCUT2D eigenvalue weighted by atomic mass is 19.1. The van der Waals surface area contributed by atoms with Crippen molar-refractivity contribution in [3.8, 4) is 5.75 Å². The lowest BCUT2D eigenvalue weighted by Gasteiger charge is -2.08. The Bertz CT molecular complexity index is 422. The molecule has 1 unspecified atom stereocenters. The highest BCUT2D eigenvalue weighted by Gasteiger charge is 2.46. The van der Waals surface area contributed by atoms with E-state index < -0.39 is 11.7 Å². The van der Waals surface area contributed by atoms with Crippen LogP contribution < -0.4 is 5.32 Å². The quantitative estimate of drug-likeness (QED) is 0.806. The van der Waals surface area contributed by atoms with Crippen LogP contribution >= 0.6 is 0 Å². The lowest BCUT2D eigenvalue weighted by atomic mass is 10.1. The van der Waals surface area contributed by atoms with Gasteiger partial charge in [-0.3, -0.25) is 4.79 Å². The van der Waals surface area contributed by atoms with Gasteiger partial charge in [0, 0.05) is 6.04 Å². The first-order chi connectivity index (χ1) is 7.42. The van der Waals surface area contributed by atoms with E-state index in [9.17, 15) is 14.3 Å². The van der Waals surface area contributed by atoms with E-state index in [0.29, 0.717) is 0 Å². The minimum absolute atomic E-state index is 0.0685. The molecule has 0 heterocycles. The van der Waals surface area contributed by atoms with E-state index in [2.05, 4.69) is 5.32 Å². The third kappa shape index (κ3) is 1.87. The summed E-state index contributed by atoms with van der Waals surface area (Å²) in [5.74, 6) is -1.57. The van der Waals surface area contributed by atoms with Gasteiger partial charge in [-0.05, 0) is 24.0 Å². The van der Waals surface area contributed by atoms with Crippen LogP contribution in [-0.2, 0) is 0 Å². The summed E-state index contributed by atoms with van der Waals surface area (Å²) in [4.78, 5) is 11.7. The lowest BCUT2D eigenvalue weighted by Crippen LogP contribution is -2.29. The first-order valence-electron chi connectivity index (χ1n) is 5.20. The van der Waals surface area contributed by atoms with Gasteiger partial charge in [0.1, 0.15) is 17.1 Å². The summed E-state index contributed by atoms with van der Waals surface area (Å²) in [7, 11) is 0.